The summed E-state index contributed by atoms with van der Waals surface area (Å²) < 4.78 is -0.603. The number of carbonyl (C=O) groups excluding carboxylic acids is 2. The van der Waals surface area contributed by atoms with Crippen LogP contribution < -0.4 is 0 Å². The average Bonchev–Trinajstić information content (AvgIpc) is 2.62. The van der Waals surface area contributed by atoms with E-state index in [1.807, 2.05) is 29.3 Å². The van der Waals surface area contributed by atoms with Gasteiger partial charge >= 0.3 is 0 Å². The van der Waals surface area contributed by atoms with Crippen LogP contribution in [0.3, 0.4) is 0 Å². The van der Waals surface area contributed by atoms with Gasteiger partial charge in [-0.25, -0.2) is 0 Å². The molecule has 0 aromatic carbocycles. The number of hydrogen-bond donors (Lipinski definition) is 2. The molecule has 1 fully saturated rings. The third-order valence-electron chi connectivity index (χ3n) is 3.06. The van der Waals surface area contributed by atoms with Gasteiger partial charge in [-0.2, -0.15) is 0 Å². The van der Waals surface area contributed by atoms with Gasteiger partial charge in [-0.05, 0) is 18.6 Å². The van der Waals surface area contributed by atoms with Crippen molar-refractivity contribution < 1.29 is 9.59 Å². The number of likely N-dealkylation sites (tertiary alicyclic amines) is 1. The van der Waals surface area contributed by atoms with Crippen molar-refractivity contribution in [2.75, 3.05) is 13.1 Å². The van der Waals surface area contributed by atoms with Crippen LogP contribution in [-0.2, 0) is 9.59 Å². The average molecular weight is 284 g/mol. The van der Waals surface area contributed by atoms with E-state index in [1.54, 1.807) is 0 Å². The van der Waals surface area contributed by atoms with Gasteiger partial charge in [-0.1, -0.05) is 6.08 Å². The molecule has 4 nitrogen and oxygen atoms in total. The fourth-order valence-electron chi connectivity index (χ4n) is 2.05. The molecule has 0 bridgehead atoms. The maximum absolute atomic E-state index is 11.4. The summed E-state index contributed by atoms with van der Waals surface area (Å²) in [5, 5.41) is 0. The maximum Gasteiger partial charge on any atom is 0.229 e. The summed E-state index contributed by atoms with van der Waals surface area (Å²) in [6.45, 7) is 1.17. The van der Waals surface area contributed by atoms with E-state index in [0.29, 0.717) is 25.9 Å². The molecule has 0 unspecified atom stereocenters. The molecule has 0 radical (unpaired) electrons. The van der Waals surface area contributed by atoms with E-state index in [2.05, 4.69) is 25.3 Å². The second-order valence-corrected chi connectivity index (χ2v) is 6.09. The lowest BCUT2D eigenvalue weighted by Crippen LogP contribution is -2.38. The van der Waals surface area contributed by atoms with Crippen molar-refractivity contribution in [3.05, 3.63) is 24.4 Å². The van der Waals surface area contributed by atoms with E-state index in [-0.39, 0.29) is 11.8 Å². The van der Waals surface area contributed by atoms with Crippen molar-refractivity contribution in [1.29, 1.82) is 0 Å². The van der Waals surface area contributed by atoms with E-state index in [1.165, 1.54) is 4.90 Å². The topological polar surface area (TPSA) is 40.6 Å². The first-order valence-electron chi connectivity index (χ1n) is 5.91. The number of thiol groups is 2. The Bertz CT molecular complexity index is 402. The molecule has 0 atom stereocenters. The van der Waals surface area contributed by atoms with Crippen LogP contribution in [-0.4, -0.2) is 38.9 Å². The van der Waals surface area contributed by atoms with Gasteiger partial charge in [0.2, 0.25) is 11.8 Å². The minimum atomic E-state index is -0.603. The smallest absolute Gasteiger partial charge is 0.229 e. The Morgan fingerprint density at radius 3 is 2.39 bits per heavy atom. The van der Waals surface area contributed by atoms with Crippen molar-refractivity contribution >= 4 is 37.1 Å². The molecule has 0 aromatic heterocycles. The van der Waals surface area contributed by atoms with Gasteiger partial charge in [0.25, 0.3) is 0 Å². The first-order valence-corrected chi connectivity index (χ1v) is 6.81. The Morgan fingerprint density at radius 2 is 1.78 bits per heavy atom. The number of carbonyl (C=O) groups is 2. The van der Waals surface area contributed by atoms with Crippen LogP contribution in [0.15, 0.2) is 24.4 Å². The van der Waals surface area contributed by atoms with E-state index < -0.39 is 4.20 Å². The van der Waals surface area contributed by atoms with Gasteiger partial charge in [0.05, 0.1) is 0 Å². The van der Waals surface area contributed by atoms with Crippen molar-refractivity contribution in [1.82, 2.24) is 9.80 Å². The van der Waals surface area contributed by atoms with Crippen LogP contribution in [0.5, 0.6) is 0 Å². The Balaban J connectivity index is 1.82. The van der Waals surface area contributed by atoms with Crippen LogP contribution in [0.25, 0.3) is 0 Å². The lowest BCUT2D eigenvalue weighted by atomic mass is 10.3. The molecule has 98 valence electrons. The van der Waals surface area contributed by atoms with E-state index in [0.717, 1.165) is 6.42 Å². The Labute approximate surface area is 118 Å². The van der Waals surface area contributed by atoms with Crippen LogP contribution in [0, 0.1) is 0 Å². The molecule has 2 aliphatic heterocycles. The number of allylic oxidation sites excluding steroid dienone is 2. The number of rotatable bonds is 4. The van der Waals surface area contributed by atoms with Gasteiger partial charge in [0.15, 0.2) is 0 Å². The minimum absolute atomic E-state index is 0.0582. The molecule has 0 saturated carbocycles. The van der Waals surface area contributed by atoms with Crippen LogP contribution in [0.2, 0.25) is 0 Å². The molecule has 6 heteroatoms. The molecule has 1 saturated heterocycles. The van der Waals surface area contributed by atoms with Crippen molar-refractivity contribution in [3.63, 3.8) is 0 Å². The normalized spacial score (nSPS) is 22.1. The molecule has 0 aliphatic carbocycles. The van der Waals surface area contributed by atoms with Crippen LogP contribution >= 0.6 is 25.3 Å². The first-order chi connectivity index (χ1) is 8.50. The lowest BCUT2D eigenvalue weighted by molar-refractivity contribution is -0.138. The van der Waals surface area contributed by atoms with Crippen LogP contribution in [0.4, 0.5) is 0 Å². The van der Waals surface area contributed by atoms with Gasteiger partial charge < -0.3 is 4.90 Å². The summed E-state index contributed by atoms with van der Waals surface area (Å²) in [4.78, 5) is 26.2. The number of hydrogen-bond acceptors (Lipinski definition) is 5. The van der Waals surface area contributed by atoms with Gasteiger partial charge in [-0.3, -0.25) is 14.5 Å². The molecule has 0 aromatic rings. The predicted octanol–water partition coefficient (Wildman–Crippen LogP) is 1.42. The highest BCUT2D eigenvalue weighted by molar-refractivity contribution is 8.00. The Hall–Kier alpha value is -0.880. The molecule has 0 spiro atoms. The predicted molar refractivity (Wildman–Crippen MR) is 76.3 cm³/mol. The van der Waals surface area contributed by atoms with Gasteiger partial charge in [0, 0.05) is 32.1 Å². The second-order valence-electron chi connectivity index (χ2n) is 4.37. The molecular formula is C12H16N2O2S2. The summed E-state index contributed by atoms with van der Waals surface area (Å²) in [5.41, 5.74) is 0. The SMILES string of the molecule is O=C1CCC(=O)N1CCCN1C=CC=CC1(S)S. The quantitative estimate of drug-likeness (QED) is 0.466. The third kappa shape index (κ3) is 2.92. The Morgan fingerprint density at radius 1 is 1.11 bits per heavy atom. The van der Waals surface area contributed by atoms with Crippen molar-refractivity contribution in [3.8, 4) is 0 Å². The van der Waals surface area contributed by atoms with Gasteiger partial charge in [-0.15, -0.1) is 25.3 Å². The second kappa shape index (κ2) is 5.40. The highest BCUT2D eigenvalue weighted by atomic mass is 32.2. The fourth-order valence-corrected chi connectivity index (χ4v) is 2.56. The summed E-state index contributed by atoms with van der Waals surface area (Å²) >= 11 is 8.87. The van der Waals surface area contributed by atoms with E-state index in [4.69, 9.17) is 0 Å². The zero-order chi connectivity index (χ0) is 13.2. The molecule has 18 heavy (non-hydrogen) atoms. The molecule has 2 aliphatic rings. The zero-order valence-corrected chi connectivity index (χ0v) is 11.7. The molecular weight excluding hydrogens is 268 g/mol. The molecule has 2 heterocycles. The van der Waals surface area contributed by atoms with E-state index >= 15 is 0 Å². The van der Waals surface area contributed by atoms with Gasteiger partial charge in [0.1, 0.15) is 4.20 Å². The fraction of sp³-hybridized carbons (Fsp3) is 0.500. The lowest BCUT2D eigenvalue weighted by Gasteiger charge is -2.35. The molecule has 2 rings (SSSR count). The Kier molecular flexibility index (Phi) is 4.07. The summed E-state index contributed by atoms with van der Waals surface area (Å²) in [6, 6.07) is 0. The first kappa shape index (κ1) is 13.5. The van der Waals surface area contributed by atoms with E-state index in [9.17, 15) is 9.59 Å². The van der Waals surface area contributed by atoms with Crippen molar-refractivity contribution in [2.45, 2.75) is 23.5 Å². The zero-order valence-electron chi connectivity index (χ0n) is 9.95. The van der Waals surface area contributed by atoms with Crippen molar-refractivity contribution in [2.24, 2.45) is 0 Å². The number of amides is 2. The highest BCUT2D eigenvalue weighted by Gasteiger charge is 2.29. The monoisotopic (exact) mass is 284 g/mol. The number of nitrogens with zero attached hydrogens (tertiary/aromatic N) is 2. The molecule has 2 amide bonds. The summed E-state index contributed by atoms with van der Waals surface area (Å²) in [5.74, 6) is -0.116. The number of imide groups is 1. The third-order valence-corrected chi connectivity index (χ3v) is 3.87. The minimum Gasteiger partial charge on any atom is -0.352 e. The highest BCUT2D eigenvalue weighted by Crippen LogP contribution is 2.29. The summed E-state index contributed by atoms with van der Waals surface area (Å²) in [6.07, 6.45) is 9.03. The van der Waals surface area contributed by atoms with Crippen LogP contribution in [0.1, 0.15) is 19.3 Å². The largest absolute Gasteiger partial charge is 0.352 e. The maximum atomic E-state index is 11.4. The standard InChI is InChI=1S/C12H16N2O2S2/c15-10-4-5-11(16)14(10)9-3-8-13-7-2-1-6-12(13,17)18/h1-2,6-7,17-18H,3-5,8-9H2. The molecule has 0 N–H and O–H groups in total. The summed E-state index contributed by atoms with van der Waals surface area (Å²) in [7, 11) is 0.